The molecule has 2 aromatic heterocycles. The van der Waals surface area contributed by atoms with Crippen LogP contribution in [0.1, 0.15) is 135 Å². The van der Waals surface area contributed by atoms with Crippen LogP contribution in [0, 0.1) is 5.92 Å². The van der Waals surface area contributed by atoms with Crippen molar-refractivity contribution in [2.75, 3.05) is 59.6 Å². The highest BCUT2D eigenvalue weighted by atomic mass is 35.5. The predicted molar refractivity (Wildman–Crippen MR) is 191 cm³/mol. The van der Waals surface area contributed by atoms with Crippen LogP contribution >= 0.6 is 11.6 Å². The molecule has 0 spiro atoms. The van der Waals surface area contributed by atoms with Crippen molar-refractivity contribution in [2.45, 2.75) is 141 Å². The minimum Gasteiger partial charge on any atom is -0.385 e. The number of hydrogen-bond acceptors (Lipinski definition) is 8. The lowest BCUT2D eigenvalue weighted by Crippen LogP contribution is -2.19. The highest BCUT2D eigenvalue weighted by Crippen LogP contribution is 2.22. The average molecular weight is 668 g/mol. The second-order valence-corrected chi connectivity index (χ2v) is 13.2. The molecule has 2 aromatic rings. The summed E-state index contributed by atoms with van der Waals surface area (Å²) in [6.45, 7) is 5.59. The molecular formula is C36H66ClN5O4. The van der Waals surface area contributed by atoms with Crippen molar-refractivity contribution in [3.63, 3.8) is 0 Å². The average Bonchev–Trinajstić information content (AvgIpc) is 3.46. The Bertz CT molecular complexity index is 947. The van der Waals surface area contributed by atoms with E-state index in [4.69, 9.17) is 36.3 Å². The van der Waals surface area contributed by atoms with E-state index in [0.29, 0.717) is 29.9 Å². The molecule has 0 aromatic carbocycles. The maximum Gasteiger partial charge on any atom is 0.223 e. The first-order chi connectivity index (χ1) is 22.7. The summed E-state index contributed by atoms with van der Waals surface area (Å²) in [5, 5.41) is 0.341. The zero-order chi connectivity index (χ0) is 32.9. The number of ether oxygens (including phenoxy) is 4. The van der Waals surface area contributed by atoms with Gasteiger partial charge < -0.3 is 29.2 Å². The molecule has 0 amide bonds. The number of imidazole rings is 1. The van der Waals surface area contributed by atoms with E-state index in [0.717, 1.165) is 57.8 Å². The summed E-state index contributed by atoms with van der Waals surface area (Å²) in [5.41, 5.74) is 7.01. The number of unbranched alkanes of at least 4 members (excludes halogenated alkanes) is 18. The number of fused-ring (bicyclic) bond motifs is 1. The lowest BCUT2D eigenvalue weighted by Gasteiger charge is -2.18. The highest BCUT2D eigenvalue weighted by molar-refractivity contribution is 6.33. The molecule has 266 valence electrons. The van der Waals surface area contributed by atoms with Crippen molar-refractivity contribution in [1.82, 2.24) is 19.5 Å². The number of nitrogens with zero attached hydrogens (tertiary/aromatic N) is 4. The minimum absolute atomic E-state index is 0.143. The van der Waals surface area contributed by atoms with Gasteiger partial charge >= 0.3 is 0 Å². The largest absolute Gasteiger partial charge is 0.385 e. The van der Waals surface area contributed by atoms with Crippen molar-refractivity contribution < 1.29 is 18.9 Å². The first-order valence-electron chi connectivity index (χ1n) is 18.4. The van der Waals surface area contributed by atoms with Gasteiger partial charge in [-0.3, -0.25) is 0 Å². The smallest absolute Gasteiger partial charge is 0.223 e. The van der Waals surface area contributed by atoms with E-state index in [9.17, 15) is 0 Å². The van der Waals surface area contributed by atoms with Gasteiger partial charge in [0.25, 0.3) is 0 Å². The molecular weight excluding hydrogens is 602 g/mol. The molecule has 0 bridgehead atoms. The van der Waals surface area contributed by atoms with E-state index < -0.39 is 0 Å². The number of aromatic nitrogens is 4. The second-order valence-electron chi connectivity index (χ2n) is 12.8. The van der Waals surface area contributed by atoms with Crippen LogP contribution < -0.4 is 5.73 Å². The number of halogens is 1. The Kier molecular flexibility index (Phi) is 25.2. The lowest BCUT2D eigenvalue weighted by molar-refractivity contribution is 0.0322. The van der Waals surface area contributed by atoms with Gasteiger partial charge in [0.2, 0.25) is 5.95 Å². The number of nitrogen functional groups attached to an aromatic ring is 1. The number of hydrogen-bond donors (Lipinski definition) is 1. The van der Waals surface area contributed by atoms with Gasteiger partial charge in [-0.1, -0.05) is 114 Å². The fraction of sp³-hybridized carbons (Fsp3) is 0.861. The molecule has 2 heterocycles. The van der Waals surface area contributed by atoms with Crippen molar-refractivity contribution in [3.05, 3.63) is 11.5 Å². The number of anilines is 1. The molecule has 0 aliphatic rings. The zero-order valence-electron chi connectivity index (χ0n) is 29.3. The number of rotatable bonds is 33. The van der Waals surface area contributed by atoms with Gasteiger partial charge in [-0.25, -0.2) is 4.98 Å². The Morgan fingerprint density at radius 3 is 1.48 bits per heavy atom. The zero-order valence-corrected chi connectivity index (χ0v) is 30.1. The summed E-state index contributed by atoms with van der Waals surface area (Å²) in [6, 6.07) is 0. The van der Waals surface area contributed by atoms with Crippen LogP contribution in [0.25, 0.3) is 11.2 Å². The van der Waals surface area contributed by atoms with Crippen LogP contribution in [-0.2, 0) is 25.5 Å². The fourth-order valence-electron chi connectivity index (χ4n) is 5.89. The van der Waals surface area contributed by atoms with Crippen molar-refractivity contribution in [2.24, 2.45) is 5.92 Å². The van der Waals surface area contributed by atoms with Crippen LogP contribution in [0.4, 0.5) is 5.95 Å². The standard InChI is InChI=1S/C36H66ClN5O4/c1-43-25-19-15-11-7-3-5-9-13-17-21-27-45-29-32(23-24-42-31-39-35-33(42)34(37)40-36(38)41-35)30-46-28-22-18-14-10-6-4-8-12-16-20-26-44-2/h31-32H,3-30H2,1-2H3,(H2,38,40,41). The monoisotopic (exact) mass is 667 g/mol. The molecule has 9 nitrogen and oxygen atoms in total. The molecule has 10 heteroatoms. The number of methoxy groups -OCH3 is 2. The van der Waals surface area contributed by atoms with E-state index >= 15 is 0 Å². The third-order valence-electron chi connectivity index (χ3n) is 8.71. The predicted octanol–water partition coefficient (Wildman–Crippen LogP) is 9.20. The van der Waals surface area contributed by atoms with Gasteiger partial charge in [-0.05, 0) is 32.1 Å². The summed E-state index contributed by atoms with van der Waals surface area (Å²) in [6.07, 6.45) is 28.5. The second kappa shape index (κ2) is 28.5. The highest BCUT2D eigenvalue weighted by Gasteiger charge is 2.15. The van der Waals surface area contributed by atoms with Gasteiger partial charge in [0.05, 0.1) is 19.5 Å². The number of nitrogens with two attached hydrogens (primary N) is 1. The molecule has 0 fully saturated rings. The normalized spacial score (nSPS) is 11.8. The molecule has 2 rings (SSSR count). The molecule has 0 radical (unpaired) electrons. The molecule has 0 unspecified atom stereocenters. The van der Waals surface area contributed by atoms with Crippen LogP contribution in [0.15, 0.2) is 6.33 Å². The molecule has 0 aliphatic carbocycles. The van der Waals surface area contributed by atoms with Gasteiger partial charge in [-0.2, -0.15) is 9.97 Å². The van der Waals surface area contributed by atoms with E-state index in [1.807, 2.05) is 4.57 Å². The van der Waals surface area contributed by atoms with E-state index in [-0.39, 0.29) is 5.95 Å². The van der Waals surface area contributed by atoms with Crippen LogP contribution in [0.5, 0.6) is 0 Å². The summed E-state index contributed by atoms with van der Waals surface area (Å²) >= 11 is 6.38. The lowest BCUT2D eigenvalue weighted by atomic mass is 10.1. The Labute approximate surface area is 285 Å². The molecule has 0 saturated heterocycles. The maximum atomic E-state index is 6.38. The molecule has 0 atom stereocenters. The first kappa shape index (κ1) is 40.7. The first-order valence-corrected chi connectivity index (χ1v) is 18.8. The molecule has 46 heavy (non-hydrogen) atoms. The molecule has 2 N–H and O–H groups in total. The van der Waals surface area contributed by atoms with Gasteiger partial charge in [0, 0.05) is 53.1 Å². The Balaban J connectivity index is 1.60. The topological polar surface area (TPSA) is 107 Å². The van der Waals surface area contributed by atoms with Crippen molar-refractivity contribution in [1.29, 1.82) is 0 Å². The SMILES string of the molecule is COCCCCCCCCCCCCOCC(CCn1cnc2nc(N)nc(Cl)c21)COCCCCCCCCCCCCOC. The van der Waals surface area contributed by atoms with Crippen LogP contribution in [-0.4, -0.2) is 73.4 Å². The van der Waals surface area contributed by atoms with E-state index in [1.54, 1.807) is 20.5 Å². The molecule has 0 saturated carbocycles. The van der Waals surface area contributed by atoms with Gasteiger partial charge in [0.1, 0.15) is 5.52 Å². The number of aryl methyl sites for hydroxylation is 1. The fourth-order valence-corrected chi connectivity index (χ4v) is 6.17. The van der Waals surface area contributed by atoms with Gasteiger partial charge in [0.15, 0.2) is 10.8 Å². The Morgan fingerprint density at radius 1 is 0.630 bits per heavy atom. The molecule has 0 aliphatic heterocycles. The third kappa shape index (κ3) is 20.0. The summed E-state index contributed by atoms with van der Waals surface area (Å²) in [7, 11) is 3.57. The Hall–Kier alpha value is -1.52. The Morgan fingerprint density at radius 2 is 1.04 bits per heavy atom. The quantitative estimate of drug-likeness (QED) is 0.0593. The van der Waals surface area contributed by atoms with Gasteiger partial charge in [-0.15, -0.1) is 0 Å². The van der Waals surface area contributed by atoms with E-state index in [1.165, 1.54) is 116 Å². The third-order valence-corrected chi connectivity index (χ3v) is 8.97. The summed E-state index contributed by atoms with van der Waals surface area (Å²) in [5.74, 6) is 0.448. The van der Waals surface area contributed by atoms with Crippen LogP contribution in [0.3, 0.4) is 0 Å². The van der Waals surface area contributed by atoms with Crippen molar-refractivity contribution >= 4 is 28.7 Å². The maximum absolute atomic E-state index is 6.38. The minimum atomic E-state index is 0.143. The summed E-state index contributed by atoms with van der Waals surface area (Å²) < 4.78 is 24.6. The van der Waals surface area contributed by atoms with E-state index in [2.05, 4.69) is 15.0 Å². The summed E-state index contributed by atoms with van der Waals surface area (Å²) in [4.78, 5) is 12.7. The van der Waals surface area contributed by atoms with Crippen molar-refractivity contribution in [3.8, 4) is 0 Å². The van der Waals surface area contributed by atoms with Crippen LogP contribution in [0.2, 0.25) is 5.15 Å².